The van der Waals surface area contributed by atoms with Crippen molar-refractivity contribution in [3.05, 3.63) is 29.8 Å². The highest BCUT2D eigenvalue weighted by Crippen LogP contribution is 2.46. The largest absolute Gasteiger partial charge is 0.465 e. The summed E-state index contributed by atoms with van der Waals surface area (Å²) in [6.07, 6.45) is 17.7. The smallest absolute Gasteiger partial charge is 0.203 e. The van der Waals surface area contributed by atoms with Crippen molar-refractivity contribution in [3.63, 3.8) is 0 Å². The van der Waals surface area contributed by atoms with Crippen LogP contribution in [-0.2, 0) is 4.74 Å². The van der Waals surface area contributed by atoms with Crippen LogP contribution in [0.25, 0.3) is 0 Å². The first-order valence-electron chi connectivity index (χ1n) is 12.7. The fourth-order valence-electron chi connectivity index (χ4n) is 6.18. The lowest BCUT2D eigenvalue weighted by Crippen LogP contribution is -2.43. The molecule has 4 rings (SSSR count). The van der Waals surface area contributed by atoms with Crippen LogP contribution in [0.15, 0.2) is 24.3 Å². The minimum absolute atomic E-state index is 0.0570. The standard InChI is InChI=1S/C27H42O2/c1-3-20(2)21-16-18-24(19-17-21)29-27(28-23-12-5-4-6-13-23)26-15-9-11-22-10-7-8-14-25(22)26/h16-20,22-23,25-27H,3-15H2,1-2H3. The van der Waals surface area contributed by atoms with Gasteiger partial charge in [0.15, 0.2) is 0 Å². The Morgan fingerprint density at radius 2 is 1.52 bits per heavy atom. The van der Waals surface area contributed by atoms with E-state index in [4.69, 9.17) is 9.47 Å². The van der Waals surface area contributed by atoms with Gasteiger partial charge in [-0.1, -0.05) is 77.3 Å². The first-order valence-corrected chi connectivity index (χ1v) is 12.7. The molecule has 3 fully saturated rings. The second-order valence-corrected chi connectivity index (χ2v) is 10.1. The normalized spacial score (nSPS) is 30.3. The molecule has 0 radical (unpaired) electrons. The van der Waals surface area contributed by atoms with Crippen molar-refractivity contribution in [2.45, 2.75) is 116 Å². The molecule has 5 unspecified atom stereocenters. The van der Waals surface area contributed by atoms with Gasteiger partial charge in [-0.15, -0.1) is 0 Å². The Labute approximate surface area is 178 Å². The summed E-state index contributed by atoms with van der Waals surface area (Å²) < 4.78 is 13.4. The topological polar surface area (TPSA) is 18.5 Å². The summed E-state index contributed by atoms with van der Waals surface area (Å²) >= 11 is 0. The van der Waals surface area contributed by atoms with Crippen LogP contribution in [0.1, 0.15) is 109 Å². The van der Waals surface area contributed by atoms with Gasteiger partial charge in [0, 0.05) is 5.92 Å². The van der Waals surface area contributed by atoms with E-state index >= 15 is 0 Å². The van der Waals surface area contributed by atoms with E-state index in [0.717, 1.165) is 17.6 Å². The predicted octanol–water partition coefficient (Wildman–Crippen LogP) is 7.86. The van der Waals surface area contributed by atoms with Crippen LogP contribution in [0.4, 0.5) is 0 Å². The van der Waals surface area contributed by atoms with E-state index in [9.17, 15) is 0 Å². The number of hydrogen-bond acceptors (Lipinski definition) is 2. The number of benzene rings is 1. The lowest BCUT2D eigenvalue weighted by Gasteiger charge is -2.45. The van der Waals surface area contributed by atoms with E-state index in [0.29, 0.717) is 17.9 Å². The van der Waals surface area contributed by atoms with Crippen LogP contribution >= 0.6 is 0 Å². The Kier molecular flexibility index (Phi) is 7.56. The van der Waals surface area contributed by atoms with Crippen molar-refractivity contribution in [1.82, 2.24) is 0 Å². The first-order chi connectivity index (χ1) is 14.2. The molecule has 162 valence electrons. The highest BCUT2D eigenvalue weighted by molar-refractivity contribution is 5.29. The molecule has 0 N–H and O–H groups in total. The van der Waals surface area contributed by atoms with Gasteiger partial charge in [0.25, 0.3) is 0 Å². The van der Waals surface area contributed by atoms with Crippen molar-refractivity contribution < 1.29 is 9.47 Å². The van der Waals surface area contributed by atoms with Gasteiger partial charge < -0.3 is 9.47 Å². The maximum absolute atomic E-state index is 6.76. The first kappa shape index (κ1) is 21.2. The monoisotopic (exact) mass is 398 g/mol. The number of ether oxygens (including phenoxy) is 2. The molecule has 0 aliphatic heterocycles. The summed E-state index contributed by atoms with van der Waals surface area (Å²) in [5.41, 5.74) is 1.41. The molecular formula is C27H42O2. The zero-order chi connectivity index (χ0) is 20.1. The van der Waals surface area contributed by atoms with Crippen LogP contribution in [0.2, 0.25) is 0 Å². The van der Waals surface area contributed by atoms with Crippen LogP contribution in [0.5, 0.6) is 5.75 Å². The molecule has 3 aliphatic carbocycles. The summed E-state index contributed by atoms with van der Waals surface area (Å²) in [6, 6.07) is 8.87. The second kappa shape index (κ2) is 10.3. The molecule has 29 heavy (non-hydrogen) atoms. The fourth-order valence-corrected chi connectivity index (χ4v) is 6.18. The third kappa shape index (κ3) is 5.37. The fraction of sp³-hybridized carbons (Fsp3) is 0.778. The molecule has 1 aromatic carbocycles. The van der Waals surface area contributed by atoms with E-state index in [2.05, 4.69) is 38.1 Å². The van der Waals surface area contributed by atoms with Crippen molar-refractivity contribution in [2.24, 2.45) is 17.8 Å². The lowest BCUT2D eigenvalue weighted by atomic mass is 9.65. The van der Waals surface area contributed by atoms with Gasteiger partial charge in [-0.3, -0.25) is 0 Å². The predicted molar refractivity (Wildman–Crippen MR) is 120 cm³/mol. The molecule has 0 heterocycles. The van der Waals surface area contributed by atoms with E-state index in [1.54, 1.807) is 0 Å². The third-order valence-corrected chi connectivity index (χ3v) is 8.17. The molecule has 2 heteroatoms. The molecule has 2 nitrogen and oxygen atoms in total. The quantitative estimate of drug-likeness (QED) is 0.435. The highest BCUT2D eigenvalue weighted by atomic mass is 16.7. The van der Waals surface area contributed by atoms with Gasteiger partial charge in [0.2, 0.25) is 6.29 Å². The summed E-state index contributed by atoms with van der Waals surface area (Å²) in [6.45, 7) is 4.56. The lowest BCUT2D eigenvalue weighted by molar-refractivity contribution is -0.180. The minimum atomic E-state index is -0.0570. The summed E-state index contributed by atoms with van der Waals surface area (Å²) in [5, 5.41) is 0. The van der Waals surface area contributed by atoms with Crippen molar-refractivity contribution in [1.29, 1.82) is 0 Å². The van der Waals surface area contributed by atoms with E-state index < -0.39 is 0 Å². The van der Waals surface area contributed by atoms with Crippen molar-refractivity contribution >= 4 is 0 Å². The zero-order valence-corrected chi connectivity index (χ0v) is 18.8. The van der Waals surface area contributed by atoms with Crippen molar-refractivity contribution in [3.8, 4) is 5.75 Å². The molecule has 0 aromatic heterocycles. The van der Waals surface area contributed by atoms with Gasteiger partial charge in [-0.05, 0) is 67.6 Å². The Balaban J connectivity index is 1.49. The van der Waals surface area contributed by atoms with Crippen LogP contribution in [0, 0.1) is 17.8 Å². The highest BCUT2D eigenvalue weighted by Gasteiger charge is 2.41. The van der Waals surface area contributed by atoms with Gasteiger partial charge in [-0.25, -0.2) is 0 Å². The molecule has 3 aliphatic rings. The second-order valence-electron chi connectivity index (χ2n) is 10.1. The Bertz CT molecular complexity index is 601. The van der Waals surface area contributed by atoms with Gasteiger partial charge in [0.05, 0.1) is 6.10 Å². The molecule has 0 spiro atoms. The average molecular weight is 399 g/mol. The number of hydrogen-bond donors (Lipinski definition) is 0. The van der Waals surface area contributed by atoms with Crippen LogP contribution < -0.4 is 4.74 Å². The number of rotatable bonds is 7. The van der Waals surface area contributed by atoms with Gasteiger partial charge >= 0.3 is 0 Å². The van der Waals surface area contributed by atoms with Crippen molar-refractivity contribution in [2.75, 3.05) is 0 Å². The maximum atomic E-state index is 6.76. The molecule has 0 amide bonds. The van der Waals surface area contributed by atoms with E-state index in [-0.39, 0.29) is 6.29 Å². The minimum Gasteiger partial charge on any atom is -0.465 e. The zero-order valence-electron chi connectivity index (χ0n) is 18.8. The Morgan fingerprint density at radius 1 is 0.828 bits per heavy atom. The Morgan fingerprint density at radius 3 is 2.28 bits per heavy atom. The molecule has 5 atom stereocenters. The molecule has 0 saturated heterocycles. The third-order valence-electron chi connectivity index (χ3n) is 8.17. The summed E-state index contributed by atoms with van der Waals surface area (Å²) in [7, 11) is 0. The Hall–Kier alpha value is -1.02. The van der Waals surface area contributed by atoms with Gasteiger partial charge in [0.1, 0.15) is 5.75 Å². The van der Waals surface area contributed by atoms with Crippen LogP contribution in [0.3, 0.4) is 0 Å². The van der Waals surface area contributed by atoms with Crippen LogP contribution in [-0.4, -0.2) is 12.4 Å². The van der Waals surface area contributed by atoms with E-state index in [1.165, 1.54) is 89.0 Å². The molecule has 3 saturated carbocycles. The van der Waals surface area contributed by atoms with Gasteiger partial charge in [-0.2, -0.15) is 0 Å². The molecular weight excluding hydrogens is 356 g/mol. The molecule has 1 aromatic rings. The van der Waals surface area contributed by atoms with E-state index in [1.807, 2.05) is 0 Å². The summed E-state index contributed by atoms with van der Waals surface area (Å²) in [4.78, 5) is 0. The number of fused-ring (bicyclic) bond motifs is 1. The SMILES string of the molecule is CCC(C)c1ccc(OC(OC2CCCCC2)C2CCCC3CCCCC32)cc1. The average Bonchev–Trinajstić information content (AvgIpc) is 2.79. The molecule has 0 bridgehead atoms. The summed E-state index contributed by atoms with van der Waals surface area (Å²) in [5.74, 6) is 3.91. The maximum Gasteiger partial charge on any atom is 0.203 e.